The number of aryl methyl sites for hydroxylation is 1. The molecule has 1 heterocycles. The van der Waals surface area contributed by atoms with Crippen LogP contribution in [0.15, 0.2) is 34.9 Å². The maximum absolute atomic E-state index is 6.22. The van der Waals surface area contributed by atoms with Crippen molar-refractivity contribution < 1.29 is 0 Å². The van der Waals surface area contributed by atoms with Crippen molar-refractivity contribution in [1.82, 2.24) is 15.1 Å². The molecule has 0 aliphatic carbocycles. The molecule has 0 amide bonds. The van der Waals surface area contributed by atoms with Gasteiger partial charge in [0.25, 0.3) is 0 Å². The fourth-order valence-electron chi connectivity index (χ4n) is 1.78. The molecule has 0 bridgehead atoms. The van der Waals surface area contributed by atoms with E-state index >= 15 is 0 Å². The molecule has 0 saturated carbocycles. The zero-order valence-electron chi connectivity index (χ0n) is 10.3. The molecule has 0 saturated heterocycles. The molecule has 0 spiro atoms. The number of hydrogen-bond donors (Lipinski definition) is 1. The van der Waals surface area contributed by atoms with E-state index in [-0.39, 0.29) is 6.04 Å². The topological polar surface area (TPSA) is 29.9 Å². The van der Waals surface area contributed by atoms with Gasteiger partial charge < -0.3 is 5.32 Å². The van der Waals surface area contributed by atoms with Crippen LogP contribution in [0.3, 0.4) is 0 Å². The van der Waals surface area contributed by atoms with Crippen LogP contribution in [0.4, 0.5) is 0 Å². The van der Waals surface area contributed by atoms with E-state index in [2.05, 4.69) is 33.3 Å². The standard InChI is InChI=1S/C13H15BrClN3/c1-9(12-4-3-10(14)7-13(12)15)16-8-11-5-6-18(2)17-11/h3-7,9,16H,8H2,1-2H3. The molecule has 5 heteroatoms. The van der Waals surface area contributed by atoms with Crippen molar-refractivity contribution in [2.24, 2.45) is 7.05 Å². The maximum atomic E-state index is 6.22. The summed E-state index contributed by atoms with van der Waals surface area (Å²) in [4.78, 5) is 0. The van der Waals surface area contributed by atoms with Crippen LogP contribution < -0.4 is 5.32 Å². The monoisotopic (exact) mass is 327 g/mol. The van der Waals surface area contributed by atoms with E-state index in [0.717, 1.165) is 27.3 Å². The number of nitrogens with one attached hydrogen (secondary N) is 1. The Hall–Kier alpha value is -0.840. The second kappa shape index (κ2) is 5.87. The lowest BCUT2D eigenvalue weighted by Gasteiger charge is -2.15. The molecule has 96 valence electrons. The summed E-state index contributed by atoms with van der Waals surface area (Å²) in [5.74, 6) is 0. The molecule has 0 radical (unpaired) electrons. The van der Waals surface area contributed by atoms with Gasteiger partial charge in [-0.25, -0.2) is 0 Å². The van der Waals surface area contributed by atoms with Gasteiger partial charge in [0.05, 0.1) is 5.69 Å². The van der Waals surface area contributed by atoms with E-state index in [1.807, 2.05) is 37.5 Å². The molecule has 1 aromatic carbocycles. The van der Waals surface area contributed by atoms with Crippen LogP contribution in [0.5, 0.6) is 0 Å². The zero-order chi connectivity index (χ0) is 13.1. The Bertz CT molecular complexity index is 539. The van der Waals surface area contributed by atoms with Crippen LogP contribution in [-0.4, -0.2) is 9.78 Å². The Morgan fingerprint density at radius 3 is 2.83 bits per heavy atom. The van der Waals surface area contributed by atoms with Crippen LogP contribution in [0, 0.1) is 0 Å². The van der Waals surface area contributed by atoms with E-state index in [1.165, 1.54) is 0 Å². The molecular weight excluding hydrogens is 314 g/mol. The Kier molecular flexibility index (Phi) is 4.43. The number of nitrogens with zero attached hydrogens (tertiary/aromatic N) is 2. The molecule has 1 atom stereocenters. The minimum absolute atomic E-state index is 0.188. The average Bonchev–Trinajstić information content (AvgIpc) is 2.72. The molecule has 0 fully saturated rings. The first-order valence-electron chi connectivity index (χ1n) is 5.73. The van der Waals surface area contributed by atoms with Crippen molar-refractivity contribution in [1.29, 1.82) is 0 Å². The first-order valence-corrected chi connectivity index (χ1v) is 6.90. The lowest BCUT2D eigenvalue weighted by molar-refractivity contribution is 0.562. The van der Waals surface area contributed by atoms with Gasteiger partial charge in [-0.2, -0.15) is 5.10 Å². The van der Waals surface area contributed by atoms with Crippen molar-refractivity contribution in [2.75, 3.05) is 0 Å². The second-order valence-corrected chi connectivity index (χ2v) is 5.57. The molecule has 2 rings (SSSR count). The van der Waals surface area contributed by atoms with Crippen LogP contribution in [0.1, 0.15) is 24.2 Å². The summed E-state index contributed by atoms with van der Waals surface area (Å²) in [5.41, 5.74) is 2.12. The SMILES string of the molecule is CC(NCc1ccn(C)n1)c1ccc(Br)cc1Cl. The molecule has 18 heavy (non-hydrogen) atoms. The summed E-state index contributed by atoms with van der Waals surface area (Å²) < 4.78 is 2.79. The number of rotatable bonds is 4. The summed E-state index contributed by atoms with van der Waals surface area (Å²) in [7, 11) is 1.92. The van der Waals surface area contributed by atoms with Crippen molar-refractivity contribution in [2.45, 2.75) is 19.5 Å². The highest BCUT2D eigenvalue weighted by Crippen LogP contribution is 2.26. The number of benzene rings is 1. The van der Waals surface area contributed by atoms with E-state index in [4.69, 9.17) is 11.6 Å². The number of halogens is 2. The summed E-state index contributed by atoms with van der Waals surface area (Å²) in [6.07, 6.45) is 1.94. The van der Waals surface area contributed by atoms with Crippen molar-refractivity contribution in [3.8, 4) is 0 Å². The quantitative estimate of drug-likeness (QED) is 0.927. The predicted octanol–water partition coefficient (Wildman–Crippen LogP) is 3.69. The largest absolute Gasteiger partial charge is 0.304 e. The highest BCUT2D eigenvalue weighted by molar-refractivity contribution is 9.10. The Morgan fingerprint density at radius 1 is 1.44 bits per heavy atom. The molecule has 1 unspecified atom stereocenters. The van der Waals surface area contributed by atoms with E-state index in [9.17, 15) is 0 Å². The highest BCUT2D eigenvalue weighted by Gasteiger charge is 2.10. The summed E-state index contributed by atoms with van der Waals surface area (Å²) in [5, 5.41) is 8.51. The first kappa shape index (κ1) is 13.6. The van der Waals surface area contributed by atoms with Gasteiger partial charge in [-0.15, -0.1) is 0 Å². The van der Waals surface area contributed by atoms with Crippen LogP contribution in [0.25, 0.3) is 0 Å². The van der Waals surface area contributed by atoms with Gasteiger partial charge in [-0.1, -0.05) is 33.6 Å². The second-order valence-electron chi connectivity index (χ2n) is 4.25. The summed E-state index contributed by atoms with van der Waals surface area (Å²) >= 11 is 9.63. The van der Waals surface area contributed by atoms with Crippen LogP contribution in [-0.2, 0) is 13.6 Å². The Labute approximate surface area is 120 Å². The Balaban J connectivity index is 2.01. The van der Waals surface area contributed by atoms with Crippen molar-refractivity contribution in [3.63, 3.8) is 0 Å². The third kappa shape index (κ3) is 3.34. The van der Waals surface area contributed by atoms with E-state index < -0.39 is 0 Å². The van der Waals surface area contributed by atoms with Gasteiger partial charge in [0, 0.05) is 35.3 Å². The third-order valence-corrected chi connectivity index (χ3v) is 3.61. The average molecular weight is 329 g/mol. The van der Waals surface area contributed by atoms with E-state index in [1.54, 1.807) is 4.68 Å². The minimum Gasteiger partial charge on any atom is -0.304 e. The molecule has 1 N–H and O–H groups in total. The normalized spacial score (nSPS) is 12.7. The van der Waals surface area contributed by atoms with Gasteiger partial charge >= 0.3 is 0 Å². The van der Waals surface area contributed by atoms with Crippen molar-refractivity contribution in [3.05, 3.63) is 51.2 Å². The highest BCUT2D eigenvalue weighted by atomic mass is 79.9. The minimum atomic E-state index is 0.188. The molecule has 3 nitrogen and oxygen atoms in total. The zero-order valence-corrected chi connectivity index (χ0v) is 12.7. The number of hydrogen-bond acceptors (Lipinski definition) is 2. The predicted molar refractivity (Wildman–Crippen MR) is 77.6 cm³/mol. The lowest BCUT2D eigenvalue weighted by atomic mass is 10.1. The summed E-state index contributed by atoms with van der Waals surface area (Å²) in [6, 6.07) is 8.13. The molecule has 0 aliphatic heterocycles. The first-order chi connectivity index (χ1) is 8.56. The van der Waals surface area contributed by atoms with Gasteiger partial charge in [0.2, 0.25) is 0 Å². The van der Waals surface area contributed by atoms with Gasteiger partial charge in [0.15, 0.2) is 0 Å². The van der Waals surface area contributed by atoms with Gasteiger partial charge in [-0.05, 0) is 30.7 Å². The van der Waals surface area contributed by atoms with Crippen molar-refractivity contribution >= 4 is 27.5 Å². The smallest absolute Gasteiger partial charge is 0.0762 e. The van der Waals surface area contributed by atoms with E-state index in [0.29, 0.717) is 0 Å². The molecular formula is C13H15BrClN3. The fraction of sp³-hybridized carbons (Fsp3) is 0.308. The molecule has 1 aromatic heterocycles. The Morgan fingerprint density at radius 2 is 2.22 bits per heavy atom. The lowest BCUT2D eigenvalue weighted by Crippen LogP contribution is -2.18. The summed E-state index contributed by atoms with van der Waals surface area (Å²) in [6.45, 7) is 2.83. The van der Waals surface area contributed by atoms with Crippen LogP contribution >= 0.6 is 27.5 Å². The number of aromatic nitrogens is 2. The maximum Gasteiger partial charge on any atom is 0.0762 e. The fourth-order valence-corrected chi connectivity index (χ4v) is 2.61. The van der Waals surface area contributed by atoms with Gasteiger partial charge in [0.1, 0.15) is 0 Å². The molecule has 2 aromatic rings. The van der Waals surface area contributed by atoms with Gasteiger partial charge in [-0.3, -0.25) is 4.68 Å². The molecule has 0 aliphatic rings. The van der Waals surface area contributed by atoms with Crippen LogP contribution in [0.2, 0.25) is 5.02 Å². The third-order valence-electron chi connectivity index (χ3n) is 2.79.